The first-order valence-corrected chi connectivity index (χ1v) is 7.67. The fourth-order valence-corrected chi connectivity index (χ4v) is 3.57. The summed E-state index contributed by atoms with van der Waals surface area (Å²) in [6.45, 7) is 2.72. The summed E-state index contributed by atoms with van der Waals surface area (Å²) >= 11 is 0. The van der Waals surface area contributed by atoms with Crippen molar-refractivity contribution >= 4 is 10.0 Å². The maximum Gasteiger partial charge on any atom is 0.243 e. The molecule has 0 amide bonds. The van der Waals surface area contributed by atoms with Crippen LogP contribution in [0.2, 0.25) is 0 Å². The second-order valence-electron chi connectivity index (χ2n) is 4.79. The largest absolute Gasteiger partial charge is 0.392 e. The summed E-state index contributed by atoms with van der Waals surface area (Å²) in [6.07, 6.45) is 0.717. The van der Waals surface area contributed by atoms with E-state index < -0.39 is 10.0 Å². The van der Waals surface area contributed by atoms with Crippen molar-refractivity contribution in [3.63, 3.8) is 0 Å². The molecule has 0 saturated carbocycles. The fourth-order valence-electron chi connectivity index (χ4n) is 2.15. The maximum atomic E-state index is 12.5. The zero-order valence-corrected chi connectivity index (χ0v) is 12.0. The van der Waals surface area contributed by atoms with Gasteiger partial charge in [-0.25, -0.2) is 8.42 Å². The molecule has 1 atom stereocenters. The summed E-state index contributed by atoms with van der Waals surface area (Å²) < 4.78 is 31.6. The summed E-state index contributed by atoms with van der Waals surface area (Å²) in [6, 6.07) is 4.73. The molecule has 0 aromatic heterocycles. The van der Waals surface area contributed by atoms with Gasteiger partial charge >= 0.3 is 0 Å². The number of aryl methyl sites for hydroxylation is 1. The summed E-state index contributed by atoms with van der Waals surface area (Å²) in [4.78, 5) is 0.219. The van der Waals surface area contributed by atoms with Gasteiger partial charge in [-0.1, -0.05) is 6.07 Å². The van der Waals surface area contributed by atoms with Gasteiger partial charge in [-0.3, -0.25) is 0 Å². The molecular weight excluding hydrogens is 266 g/mol. The van der Waals surface area contributed by atoms with E-state index in [2.05, 4.69) is 0 Å². The lowest BCUT2D eigenvalue weighted by molar-refractivity contribution is 0.181. The number of ether oxygens (including phenoxy) is 1. The number of hydrogen-bond acceptors (Lipinski definition) is 4. The van der Waals surface area contributed by atoms with Gasteiger partial charge in [0.25, 0.3) is 0 Å². The Bertz CT molecular complexity index is 550. The predicted molar refractivity (Wildman–Crippen MR) is 71.3 cm³/mol. The Morgan fingerprint density at radius 2 is 2.21 bits per heavy atom. The third-order valence-electron chi connectivity index (χ3n) is 3.59. The molecule has 1 unspecified atom stereocenters. The summed E-state index contributed by atoms with van der Waals surface area (Å²) in [5, 5.41) is 9.23. The molecule has 1 fully saturated rings. The van der Waals surface area contributed by atoms with Crippen LogP contribution < -0.4 is 0 Å². The van der Waals surface area contributed by atoms with Gasteiger partial charge in [0.1, 0.15) is 0 Å². The molecule has 5 nitrogen and oxygen atoms in total. The molecule has 1 aliphatic rings. The SMILES string of the molecule is Cc1ccc(S(=O)(=O)N(C)C2CCOC2)cc1CO. The van der Waals surface area contributed by atoms with Crippen molar-refractivity contribution in [3.8, 4) is 0 Å². The Labute approximate surface area is 113 Å². The van der Waals surface area contributed by atoms with Gasteiger partial charge in [-0.05, 0) is 36.6 Å². The van der Waals surface area contributed by atoms with E-state index in [0.717, 1.165) is 5.56 Å². The van der Waals surface area contributed by atoms with Crippen molar-refractivity contribution in [2.45, 2.75) is 30.9 Å². The van der Waals surface area contributed by atoms with Crippen LogP contribution in [-0.4, -0.2) is 44.1 Å². The number of rotatable bonds is 4. The Balaban J connectivity index is 2.33. The van der Waals surface area contributed by atoms with Crippen LogP contribution in [0, 0.1) is 6.92 Å². The third kappa shape index (κ3) is 2.81. The third-order valence-corrected chi connectivity index (χ3v) is 5.49. The molecule has 1 heterocycles. The van der Waals surface area contributed by atoms with E-state index in [0.29, 0.717) is 25.2 Å². The first kappa shape index (κ1) is 14.5. The van der Waals surface area contributed by atoms with Crippen molar-refractivity contribution in [2.24, 2.45) is 0 Å². The molecule has 2 rings (SSSR count). The van der Waals surface area contributed by atoms with Gasteiger partial charge in [-0.2, -0.15) is 4.31 Å². The maximum absolute atomic E-state index is 12.5. The van der Waals surface area contributed by atoms with Crippen LogP contribution >= 0.6 is 0 Å². The molecule has 1 saturated heterocycles. The highest BCUT2D eigenvalue weighted by molar-refractivity contribution is 7.89. The van der Waals surface area contributed by atoms with Crippen molar-refractivity contribution in [1.82, 2.24) is 4.31 Å². The van der Waals surface area contributed by atoms with E-state index in [1.807, 2.05) is 6.92 Å². The monoisotopic (exact) mass is 285 g/mol. The molecule has 0 spiro atoms. The molecule has 0 bridgehead atoms. The lowest BCUT2D eigenvalue weighted by Gasteiger charge is -2.23. The summed E-state index contributed by atoms with van der Waals surface area (Å²) in [5.74, 6) is 0. The summed E-state index contributed by atoms with van der Waals surface area (Å²) in [5.41, 5.74) is 1.52. The van der Waals surface area contributed by atoms with E-state index in [1.165, 1.54) is 10.4 Å². The van der Waals surface area contributed by atoms with Gasteiger partial charge in [0.05, 0.1) is 24.2 Å². The molecule has 1 aromatic rings. The average Bonchev–Trinajstić information content (AvgIpc) is 2.91. The minimum absolute atomic E-state index is 0.108. The Morgan fingerprint density at radius 3 is 2.79 bits per heavy atom. The van der Waals surface area contributed by atoms with Gasteiger partial charge in [0, 0.05) is 13.7 Å². The van der Waals surface area contributed by atoms with Gasteiger partial charge in [0.15, 0.2) is 0 Å². The number of sulfonamides is 1. The number of aliphatic hydroxyl groups is 1. The number of hydrogen-bond donors (Lipinski definition) is 1. The van der Waals surface area contributed by atoms with E-state index in [9.17, 15) is 13.5 Å². The van der Waals surface area contributed by atoms with Crippen molar-refractivity contribution in [2.75, 3.05) is 20.3 Å². The second-order valence-corrected chi connectivity index (χ2v) is 6.78. The standard InChI is InChI=1S/C13H19NO4S/c1-10-3-4-13(7-11(10)8-15)19(16,17)14(2)12-5-6-18-9-12/h3-4,7,12,15H,5-6,8-9H2,1-2H3. The molecule has 1 aliphatic heterocycles. The van der Waals surface area contributed by atoms with Crippen LogP contribution in [0.5, 0.6) is 0 Å². The molecule has 106 valence electrons. The first-order chi connectivity index (χ1) is 8.96. The number of likely N-dealkylation sites (N-methyl/N-ethyl adjacent to an activating group) is 1. The quantitative estimate of drug-likeness (QED) is 0.892. The van der Waals surface area contributed by atoms with Gasteiger partial charge < -0.3 is 9.84 Å². The molecule has 6 heteroatoms. The molecule has 1 aromatic carbocycles. The highest BCUT2D eigenvalue weighted by Crippen LogP contribution is 2.22. The Morgan fingerprint density at radius 1 is 1.47 bits per heavy atom. The lowest BCUT2D eigenvalue weighted by atomic mass is 10.1. The second kappa shape index (κ2) is 5.58. The number of nitrogens with zero attached hydrogens (tertiary/aromatic N) is 1. The molecule has 0 aliphatic carbocycles. The zero-order chi connectivity index (χ0) is 14.0. The van der Waals surface area contributed by atoms with Crippen LogP contribution in [0.1, 0.15) is 17.5 Å². The fraction of sp³-hybridized carbons (Fsp3) is 0.538. The van der Waals surface area contributed by atoms with E-state index >= 15 is 0 Å². The van der Waals surface area contributed by atoms with Crippen LogP contribution in [0.25, 0.3) is 0 Å². The smallest absolute Gasteiger partial charge is 0.243 e. The van der Waals surface area contributed by atoms with Crippen molar-refractivity contribution in [3.05, 3.63) is 29.3 Å². The van der Waals surface area contributed by atoms with Gasteiger partial charge in [0.2, 0.25) is 10.0 Å². The predicted octanol–water partition coefficient (Wildman–Crippen LogP) is 0.897. The molecule has 0 radical (unpaired) electrons. The van der Waals surface area contributed by atoms with Crippen LogP contribution in [0.15, 0.2) is 23.1 Å². The lowest BCUT2D eigenvalue weighted by Crippen LogP contribution is -2.37. The average molecular weight is 285 g/mol. The minimum Gasteiger partial charge on any atom is -0.392 e. The van der Waals surface area contributed by atoms with E-state index in [1.54, 1.807) is 19.2 Å². The highest BCUT2D eigenvalue weighted by atomic mass is 32.2. The summed E-state index contributed by atoms with van der Waals surface area (Å²) in [7, 11) is -1.95. The van der Waals surface area contributed by atoms with Crippen LogP contribution in [0.3, 0.4) is 0 Å². The number of aliphatic hydroxyl groups excluding tert-OH is 1. The van der Waals surface area contributed by atoms with E-state index in [-0.39, 0.29) is 17.5 Å². The normalized spacial score (nSPS) is 20.1. The first-order valence-electron chi connectivity index (χ1n) is 6.23. The Kier molecular flexibility index (Phi) is 4.25. The zero-order valence-electron chi connectivity index (χ0n) is 11.2. The van der Waals surface area contributed by atoms with Gasteiger partial charge in [-0.15, -0.1) is 0 Å². The van der Waals surface area contributed by atoms with Crippen molar-refractivity contribution in [1.29, 1.82) is 0 Å². The van der Waals surface area contributed by atoms with E-state index in [4.69, 9.17) is 4.74 Å². The van der Waals surface area contributed by atoms with Crippen molar-refractivity contribution < 1.29 is 18.3 Å². The molecule has 19 heavy (non-hydrogen) atoms. The topological polar surface area (TPSA) is 66.8 Å². The number of benzene rings is 1. The highest BCUT2D eigenvalue weighted by Gasteiger charge is 2.30. The van der Waals surface area contributed by atoms with Crippen LogP contribution in [0.4, 0.5) is 0 Å². The Hall–Kier alpha value is -0.950. The molecular formula is C13H19NO4S. The molecule has 1 N–H and O–H groups in total. The van der Waals surface area contributed by atoms with Crippen LogP contribution in [-0.2, 0) is 21.4 Å². The minimum atomic E-state index is -3.53.